The zero-order valence-electron chi connectivity index (χ0n) is 13.7. The molecule has 0 aliphatic rings. The highest BCUT2D eigenvalue weighted by Gasteiger charge is 2.13. The largest absolute Gasteiger partial charge is 0.480 e. The van der Waals surface area contributed by atoms with Crippen molar-refractivity contribution in [2.45, 2.75) is 45.4 Å². The van der Waals surface area contributed by atoms with Crippen LogP contribution in [-0.2, 0) is 4.79 Å². The van der Waals surface area contributed by atoms with Gasteiger partial charge in [0.05, 0.1) is 0 Å². The molecule has 2 unspecified atom stereocenters. The predicted octanol–water partition coefficient (Wildman–Crippen LogP) is 1.16. The molecule has 0 saturated heterocycles. The number of nitrogens with one attached hydrogen (secondary N) is 1. The number of hydrogen-bond acceptors (Lipinski definition) is 8. The highest BCUT2D eigenvalue weighted by atomic mass is 16.5. The molecule has 1 aromatic heterocycles. The van der Waals surface area contributed by atoms with Gasteiger partial charge >= 0.3 is 5.97 Å². The van der Waals surface area contributed by atoms with Gasteiger partial charge in [-0.15, -0.1) is 15.3 Å². The molecule has 0 aliphatic heterocycles. The maximum atomic E-state index is 10.6. The minimum atomic E-state index is -1.07. The molecule has 0 aliphatic carbocycles. The van der Waals surface area contributed by atoms with Crippen molar-refractivity contribution in [2.75, 3.05) is 13.2 Å². The third-order valence-corrected chi connectivity index (χ3v) is 2.61. The van der Waals surface area contributed by atoms with Gasteiger partial charge in [-0.1, -0.05) is 0 Å². The number of aliphatic hydroxyl groups excluding tert-OH is 1. The van der Waals surface area contributed by atoms with Gasteiger partial charge in [-0.05, 0) is 33.8 Å². The molecule has 1 rings (SSSR count). The molecule has 1 heterocycles. The Morgan fingerprint density at radius 1 is 1.39 bits per heavy atom. The first-order valence-corrected chi connectivity index (χ1v) is 7.20. The van der Waals surface area contributed by atoms with E-state index in [-0.39, 0.29) is 23.8 Å². The Morgan fingerprint density at radius 3 is 2.61 bits per heavy atom. The van der Waals surface area contributed by atoms with E-state index in [2.05, 4.69) is 25.7 Å². The van der Waals surface area contributed by atoms with Crippen LogP contribution in [0, 0.1) is 0 Å². The molecule has 0 spiro atoms. The van der Waals surface area contributed by atoms with Crippen LogP contribution in [0.2, 0.25) is 0 Å². The molecule has 9 heteroatoms. The lowest BCUT2D eigenvalue weighted by Crippen LogP contribution is -2.42. The summed E-state index contributed by atoms with van der Waals surface area (Å²) in [5.41, 5.74) is -0.0828. The van der Waals surface area contributed by atoms with Crippen molar-refractivity contribution in [3.8, 4) is 5.88 Å². The molecule has 0 aromatic carbocycles. The second-order valence-electron chi connectivity index (χ2n) is 6.06. The number of aliphatic hydroxyl groups is 1. The lowest BCUT2D eigenvalue weighted by molar-refractivity contribution is -0.138. The number of hydrogen-bond donors (Lipinski definition) is 3. The first kappa shape index (κ1) is 18.9. The molecule has 0 bridgehead atoms. The Hall–Kier alpha value is -2.13. The van der Waals surface area contributed by atoms with Gasteiger partial charge in [-0.2, -0.15) is 5.11 Å². The summed E-state index contributed by atoms with van der Waals surface area (Å²) in [6.07, 6.45) is -0.674. The zero-order valence-corrected chi connectivity index (χ0v) is 13.7. The second kappa shape index (κ2) is 8.49. The SMILES string of the molecule is CC(N=Nc1ccc(OCC(O)CNC(C)(C)C)nn1)C(=O)O. The van der Waals surface area contributed by atoms with Gasteiger partial charge in [-0.25, -0.2) is 4.79 Å². The van der Waals surface area contributed by atoms with Gasteiger partial charge < -0.3 is 20.3 Å². The summed E-state index contributed by atoms with van der Waals surface area (Å²) in [7, 11) is 0. The van der Waals surface area contributed by atoms with E-state index >= 15 is 0 Å². The number of nitrogens with zero attached hydrogens (tertiary/aromatic N) is 4. The molecule has 1 aromatic rings. The highest BCUT2D eigenvalue weighted by Crippen LogP contribution is 2.12. The molecule has 0 saturated carbocycles. The van der Waals surface area contributed by atoms with Crippen LogP contribution in [0.3, 0.4) is 0 Å². The number of aliphatic carboxylic acids is 1. The number of carboxylic acid groups (broad SMARTS) is 1. The molecule has 0 radical (unpaired) electrons. The van der Waals surface area contributed by atoms with Gasteiger partial charge in [0.15, 0.2) is 11.9 Å². The smallest absolute Gasteiger partial charge is 0.330 e. The van der Waals surface area contributed by atoms with E-state index in [1.807, 2.05) is 20.8 Å². The number of ether oxygens (including phenoxy) is 1. The fraction of sp³-hybridized carbons (Fsp3) is 0.643. The summed E-state index contributed by atoms with van der Waals surface area (Å²) in [5, 5.41) is 36.4. The van der Waals surface area contributed by atoms with Gasteiger partial charge in [0.2, 0.25) is 5.88 Å². The Bertz CT molecular complexity index is 527. The summed E-state index contributed by atoms with van der Waals surface area (Å²) < 4.78 is 5.32. The molecule has 9 nitrogen and oxygen atoms in total. The second-order valence-corrected chi connectivity index (χ2v) is 6.06. The molecular weight excluding hydrogens is 302 g/mol. The zero-order chi connectivity index (χ0) is 17.5. The molecular formula is C14H23N5O4. The molecule has 2 atom stereocenters. The van der Waals surface area contributed by atoms with Gasteiger partial charge in [-0.3, -0.25) is 0 Å². The predicted molar refractivity (Wildman–Crippen MR) is 82.9 cm³/mol. The summed E-state index contributed by atoms with van der Waals surface area (Å²) in [6, 6.07) is 2.08. The molecule has 23 heavy (non-hydrogen) atoms. The maximum Gasteiger partial charge on any atom is 0.330 e. The fourth-order valence-corrected chi connectivity index (χ4v) is 1.30. The van der Waals surface area contributed by atoms with Crippen molar-refractivity contribution < 1.29 is 19.7 Å². The number of β-amino-alcohol motifs (C(OH)–C–C–N with tert-alkyl or cyclic N) is 1. The van der Waals surface area contributed by atoms with Crippen LogP contribution in [0.1, 0.15) is 27.7 Å². The third kappa shape index (κ3) is 8.17. The van der Waals surface area contributed by atoms with E-state index in [9.17, 15) is 9.90 Å². The monoisotopic (exact) mass is 325 g/mol. The van der Waals surface area contributed by atoms with E-state index in [4.69, 9.17) is 9.84 Å². The summed E-state index contributed by atoms with van der Waals surface area (Å²) in [5.74, 6) is -0.648. The van der Waals surface area contributed by atoms with E-state index < -0.39 is 18.1 Å². The fourth-order valence-electron chi connectivity index (χ4n) is 1.30. The van der Waals surface area contributed by atoms with Gasteiger partial charge in [0.25, 0.3) is 0 Å². The Morgan fingerprint density at radius 2 is 2.09 bits per heavy atom. The first-order chi connectivity index (χ1) is 10.7. The van der Waals surface area contributed by atoms with Crippen molar-refractivity contribution in [1.82, 2.24) is 15.5 Å². The molecule has 0 fully saturated rings. The standard InChI is InChI=1S/C14H23N5O4/c1-9(13(21)22)16-17-11-5-6-12(19-18-11)23-8-10(20)7-15-14(2,3)4/h5-6,9-10,15,20H,7-8H2,1-4H3,(H,21,22). The number of carboxylic acids is 1. The van der Waals surface area contributed by atoms with Crippen molar-refractivity contribution in [3.05, 3.63) is 12.1 Å². The van der Waals surface area contributed by atoms with Crippen molar-refractivity contribution in [1.29, 1.82) is 0 Å². The van der Waals surface area contributed by atoms with Crippen LogP contribution in [0.15, 0.2) is 22.4 Å². The maximum absolute atomic E-state index is 10.6. The third-order valence-electron chi connectivity index (χ3n) is 2.61. The minimum Gasteiger partial charge on any atom is -0.480 e. The number of rotatable bonds is 8. The van der Waals surface area contributed by atoms with Gasteiger partial charge in [0.1, 0.15) is 12.7 Å². The van der Waals surface area contributed by atoms with Crippen LogP contribution < -0.4 is 10.1 Å². The lowest BCUT2D eigenvalue weighted by Gasteiger charge is -2.22. The van der Waals surface area contributed by atoms with Crippen LogP contribution in [-0.4, -0.2) is 57.2 Å². The van der Waals surface area contributed by atoms with Crippen molar-refractivity contribution in [2.24, 2.45) is 10.2 Å². The normalized spacial score (nSPS) is 14.7. The molecule has 3 N–H and O–H groups in total. The van der Waals surface area contributed by atoms with Crippen molar-refractivity contribution in [3.63, 3.8) is 0 Å². The molecule has 0 amide bonds. The number of azo groups is 1. The average Bonchev–Trinajstić information content (AvgIpc) is 2.48. The van der Waals surface area contributed by atoms with E-state index in [0.717, 1.165) is 0 Å². The Kier molecular flexibility index (Phi) is 6.98. The van der Waals surface area contributed by atoms with Crippen LogP contribution in [0.25, 0.3) is 0 Å². The van der Waals surface area contributed by atoms with Gasteiger partial charge in [0, 0.05) is 18.2 Å². The van der Waals surface area contributed by atoms with Crippen LogP contribution in [0.5, 0.6) is 5.88 Å². The van der Waals surface area contributed by atoms with Crippen LogP contribution >= 0.6 is 0 Å². The topological polar surface area (TPSA) is 129 Å². The van der Waals surface area contributed by atoms with Crippen LogP contribution in [0.4, 0.5) is 5.82 Å². The average molecular weight is 325 g/mol. The summed E-state index contributed by atoms with van der Waals surface area (Å²) >= 11 is 0. The summed E-state index contributed by atoms with van der Waals surface area (Å²) in [4.78, 5) is 10.6. The summed E-state index contributed by atoms with van der Waals surface area (Å²) in [6.45, 7) is 7.90. The number of aromatic nitrogens is 2. The van der Waals surface area contributed by atoms with E-state index in [0.29, 0.717) is 6.54 Å². The number of carbonyl (C=O) groups is 1. The van der Waals surface area contributed by atoms with E-state index in [1.54, 1.807) is 0 Å². The lowest BCUT2D eigenvalue weighted by atomic mass is 10.1. The van der Waals surface area contributed by atoms with E-state index in [1.165, 1.54) is 19.1 Å². The first-order valence-electron chi connectivity index (χ1n) is 7.20. The highest BCUT2D eigenvalue weighted by molar-refractivity contribution is 5.72. The molecule has 128 valence electrons. The van der Waals surface area contributed by atoms with Crippen molar-refractivity contribution >= 4 is 11.8 Å². The minimum absolute atomic E-state index is 0.0780. The Labute approximate surface area is 134 Å². The Balaban J connectivity index is 2.44. The quantitative estimate of drug-likeness (QED) is 0.611.